The van der Waals surface area contributed by atoms with Gasteiger partial charge in [0.25, 0.3) is 0 Å². The second-order valence-corrected chi connectivity index (χ2v) is 6.65. The van der Waals surface area contributed by atoms with E-state index in [1.165, 1.54) is 17.4 Å². The van der Waals surface area contributed by atoms with Crippen molar-refractivity contribution >= 4 is 15.9 Å². The SMILES string of the molecule is CN(CCCNC(=O)Cc1ccccc1F)S(C)(=O)=O. The van der Waals surface area contributed by atoms with E-state index in [9.17, 15) is 17.6 Å². The van der Waals surface area contributed by atoms with Crippen molar-refractivity contribution in [1.29, 1.82) is 0 Å². The molecule has 0 spiro atoms. The topological polar surface area (TPSA) is 66.5 Å². The Morgan fingerprint density at radius 2 is 2.00 bits per heavy atom. The average Bonchev–Trinajstić information content (AvgIpc) is 2.36. The molecule has 0 fully saturated rings. The molecule has 0 unspecified atom stereocenters. The Balaban J connectivity index is 2.30. The van der Waals surface area contributed by atoms with Gasteiger partial charge in [-0.15, -0.1) is 0 Å². The first-order chi connectivity index (χ1) is 9.30. The summed E-state index contributed by atoms with van der Waals surface area (Å²) in [6, 6.07) is 6.11. The average molecular weight is 302 g/mol. The van der Waals surface area contributed by atoms with E-state index in [1.54, 1.807) is 18.2 Å². The van der Waals surface area contributed by atoms with E-state index in [-0.39, 0.29) is 12.3 Å². The fourth-order valence-corrected chi connectivity index (χ4v) is 2.03. The van der Waals surface area contributed by atoms with Crippen LogP contribution in [0.15, 0.2) is 24.3 Å². The van der Waals surface area contributed by atoms with Crippen LogP contribution in [0.25, 0.3) is 0 Å². The monoisotopic (exact) mass is 302 g/mol. The van der Waals surface area contributed by atoms with Gasteiger partial charge in [-0.2, -0.15) is 0 Å². The highest BCUT2D eigenvalue weighted by molar-refractivity contribution is 7.88. The molecule has 7 heteroatoms. The van der Waals surface area contributed by atoms with Gasteiger partial charge in [-0.05, 0) is 18.1 Å². The molecule has 1 amide bonds. The lowest BCUT2D eigenvalue weighted by atomic mass is 10.1. The van der Waals surface area contributed by atoms with Crippen molar-refractivity contribution in [2.75, 3.05) is 26.4 Å². The van der Waals surface area contributed by atoms with Crippen LogP contribution >= 0.6 is 0 Å². The van der Waals surface area contributed by atoms with Crippen molar-refractivity contribution in [1.82, 2.24) is 9.62 Å². The van der Waals surface area contributed by atoms with Gasteiger partial charge in [-0.1, -0.05) is 18.2 Å². The maximum absolute atomic E-state index is 13.3. The summed E-state index contributed by atoms with van der Waals surface area (Å²) in [5.41, 5.74) is 0.346. The molecule has 0 aliphatic carbocycles. The van der Waals surface area contributed by atoms with Crippen LogP contribution in [0.3, 0.4) is 0 Å². The molecule has 0 saturated carbocycles. The number of sulfonamides is 1. The number of halogens is 1. The van der Waals surface area contributed by atoms with E-state index in [0.29, 0.717) is 25.1 Å². The number of amides is 1. The van der Waals surface area contributed by atoms with Crippen molar-refractivity contribution in [3.63, 3.8) is 0 Å². The minimum Gasteiger partial charge on any atom is -0.356 e. The summed E-state index contributed by atoms with van der Waals surface area (Å²) in [5.74, 6) is -0.684. The largest absolute Gasteiger partial charge is 0.356 e. The maximum Gasteiger partial charge on any atom is 0.224 e. The third-order valence-corrected chi connectivity index (χ3v) is 4.16. The smallest absolute Gasteiger partial charge is 0.224 e. The molecule has 0 aliphatic heterocycles. The highest BCUT2D eigenvalue weighted by atomic mass is 32.2. The Morgan fingerprint density at radius 3 is 2.60 bits per heavy atom. The van der Waals surface area contributed by atoms with Gasteiger partial charge in [-0.25, -0.2) is 17.1 Å². The minimum absolute atomic E-state index is 0.0193. The van der Waals surface area contributed by atoms with Crippen LogP contribution in [0.2, 0.25) is 0 Å². The van der Waals surface area contributed by atoms with E-state index in [2.05, 4.69) is 5.32 Å². The first-order valence-corrected chi connectivity index (χ1v) is 8.07. The van der Waals surface area contributed by atoms with Gasteiger partial charge in [0.15, 0.2) is 0 Å². The molecule has 1 N–H and O–H groups in total. The highest BCUT2D eigenvalue weighted by Gasteiger charge is 2.10. The lowest BCUT2D eigenvalue weighted by Gasteiger charge is -2.13. The van der Waals surface area contributed by atoms with Crippen LogP contribution in [0.5, 0.6) is 0 Å². The number of nitrogens with one attached hydrogen (secondary N) is 1. The summed E-state index contributed by atoms with van der Waals surface area (Å²) in [4.78, 5) is 11.6. The number of hydrogen-bond acceptors (Lipinski definition) is 3. The fraction of sp³-hybridized carbons (Fsp3) is 0.462. The molecule has 1 rings (SSSR count). The Kier molecular flexibility index (Phi) is 6.09. The van der Waals surface area contributed by atoms with Crippen LogP contribution in [0.4, 0.5) is 4.39 Å². The standard InChI is InChI=1S/C13H19FN2O3S/c1-16(20(2,18)19)9-5-8-15-13(17)10-11-6-3-4-7-12(11)14/h3-4,6-7H,5,8-10H2,1-2H3,(H,15,17). The van der Waals surface area contributed by atoms with E-state index in [1.807, 2.05) is 0 Å². The Labute approximate surface area is 118 Å². The molecule has 0 radical (unpaired) electrons. The summed E-state index contributed by atoms with van der Waals surface area (Å²) in [6.45, 7) is 0.686. The lowest BCUT2D eigenvalue weighted by Crippen LogP contribution is -2.31. The molecule has 112 valence electrons. The fourth-order valence-electron chi connectivity index (χ4n) is 1.57. The van der Waals surface area contributed by atoms with Gasteiger partial charge >= 0.3 is 0 Å². The van der Waals surface area contributed by atoms with Crippen molar-refractivity contribution in [2.24, 2.45) is 0 Å². The van der Waals surface area contributed by atoms with Crippen LogP contribution in [-0.4, -0.2) is 45.0 Å². The molecular weight excluding hydrogens is 283 g/mol. The second kappa shape index (κ2) is 7.35. The molecule has 0 saturated heterocycles. The van der Waals surface area contributed by atoms with Gasteiger partial charge in [0.05, 0.1) is 12.7 Å². The first-order valence-electron chi connectivity index (χ1n) is 6.22. The summed E-state index contributed by atoms with van der Waals surface area (Å²) in [5, 5.41) is 2.64. The Hall–Kier alpha value is -1.47. The second-order valence-electron chi connectivity index (χ2n) is 4.56. The predicted octanol–water partition coefficient (Wildman–Crippen LogP) is 0.766. The lowest BCUT2D eigenvalue weighted by molar-refractivity contribution is -0.120. The Morgan fingerprint density at radius 1 is 1.35 bits per heavy atom. The van der Waals surface area contributed by atoms with E-state index in [4.69, 9.17) is 0 Å². The summed E-state index contributed by atoms with van der Waals surface area (Å²) >= 11 is 0. The van der Waals surface area contributed by atoms with Crippen LogP contribution in [0, 0.1) is 5.82 Å². The quantitative estimate of drug-likeness (QED) is 0.756. The zero-order valence-corrected chi connectivity index (χ0v) is 12.4. The number of benzene rings is 1. The number of carbonyl (C=O) groups is 1. The maximum atomic E-state index is 13.3. The van der Waals surface area contributed by atoms with Crippen LogP contribution in [0.1, 0.15) is 12.0 Å². The molecule has 1 aromatic carbocycles. The molecule has 0 aliphatic rings. The molecule has 0 atom stereocenters. The van der Waals surface area contributed by atoms with Crippen molar-refractivity contribution in [3.05, 3.63) is 35.6 Å². The molecule has 20 heavy (non-hydrogen) atoms. The van der Waals surface area contributed by atoms with Crippen LogP contribution < -0.4 is 5.32 Å². The number of hydrogen-bond donors (Lipinski definition) is 1. The van der Waals surface area contributed by atoms with Gasteiger partial charge in [0.2, 0.25) is 15.9 Å². The van der Waals surface area contributed by atoms with Crippen molar-refractivity contribution < 1.29 is 17.6 Å². The van der Waals surface area contributed by atoms with Gasteiger partial charge < -0.3 is 5.32 Å². The van der Waals surface area contributed by atoms with Crippen LogP contribution in [-0.2, 0) is 21.2 Å². The summed E-state index contributed by atoms with van der Waals surface area (Å²) in [7, 11) is -1.70. The van der Waals surface area contributed by atoms with E-state index < -0.39 is 15.8 Å². The normalized spacial score (nSPS) is 11.6. The highest BCUT2D eigenvalue weighted by Crippen LogP contribution is 2.06. The number of nitrogens with zero attached hydrogens (tertiary/aromatic N) is 1. The molecule has 0 bridgehead atoms. The third-order valence-electron chi connectivity index (χ3n) is 2.85. The zero-order valence-electron chi connectivity index (χ0n) is 11.6. The number of carbonyl (C=O) groups excluding carboxylic acids is 1. The Bertz CT molecular complexity index is 560. The first kappa shape index (κ1) is 16.6. The minimum atomic E-state index is -3.19. The van der Waals surface area contributed by atoms with E-state index >= 15 is 0 Å². The van der Waals surface area contributed by atoms with E-state index in [0.717, 1.165) is 6.26 Å². The summed E-state index contributed by atoms with van der Waals surface area (Å²) < 4.78 is 36.8. The van der Waals surface area contributed by atoms with Gasteiger partial charge in [0.1, 0.15) is 5.82 Å². The van der Waals surface area contributed by atoms with Gasteiger partial charge in [0, 0.05) is 20.1 Å². The van der Waals surface area contributed by atoms with Crippen molar-refractivity contribution in [2.45, 2.75) is 12.8 Å². The predicted molar refractivity (Wildman–Crippen MR) is 75.2 cm³/mol. The molecule has 1 aromatic rings. The van der Waals surface area contributed by atoms with Crippen molar-refractivity contribution in [3.8, 4) is 0 Å². The third kappa shape index (κ3) is 5.66. The zero-order chi connectivity index (χ0) is 15.2. The molecule has 5 nitrogen and oxygen atoms in total. The molecule has 0 aromatic heterocycles. The number of rotatable bonds is 7. The van der Waals surface area contributed by atoms with Gasteiger partial charge in [-0.3, -0.25) is 4.79 Å². The molecule has 0 heterocycles. The molecular formula is C13H19FN2O3S. The summed E-state index contributed by atoms with van der Waals surface area (Å²) in [6.07, 6.45) is 1.62.